The fourth-order valence-corrected chi connectivity index (χ4v) is 5.75. The number of carbonyl (C=O) groups is 1. The minimum atomic E-state index is -3.58. The molecule has 0 spiro atoms. The molecular formula is C24H30N2O5S. The minimum Gasteiger partial charge on any atom is -0.486 e. The van der Waals surface area contributed by atoms with Gasteiger partial charge in [-0.3, -0.25) is 4.79 Å². The zero-order valence-electron chi connectivity index (χ0n) is 18.6. The first-order chi connectivity index (χ1) is 15.4. The Kier molecular flexibility index (Phi) is 6.71. The lowest BCUT2D eigenvalue weighted by molar-refractivity contribution is 0.0521. The van der Waals surface area contributed by atoms with E-state index >= 15 is 0 Å². The van der Waals surface area contributed by atoms with Crippen LogP contribution in [0.2, 0.25) is 0 Å². The Hall–Kier alpha value is -2.58. The van der Waals surface area contributed by atoms with Crippen molar-refractivity contribution in [3.05, 3.63) is 54.1 Å². The molecule has 1 saturated carbocycles. The highest BCUT2D eigenvalue weighted by Gasteiger charge is 2.29. The maximum absolute atomic E-state index is 13.0. The average Bonchev–Trinajstić information content (AvgIpc) is 2.83. The van der Waals surface area contributed by atoms with Gasteiger partial charge in [-0.2, -0.15) is 4.31 Å². The van der Waals surface area contributed by atoms with Crippen molar-refractivity contribution in [2.24, 2.45) is 0 Å². The maximum atomic E-state index is 13.0. The molecule has 2 aliphatic rings. The number of rotatable bonds is 6. The molecule has 7 nitrogen and oxygen atoms in total. The van der Waals surface area contributed by atoms with E-state index in [1.807, 2.05) is 24.3 Å². The van der Waals surface area contributed by atoms with Crippen LogP contribution in [0.15, 0.2) is 53.4 Å². The van der Waals surface area contributed by atoms with Crippen molar-refractivity contribution in [3.8, 4) is 11.5 Å². The first kappa shape index (κ1) is 22.6. The summed E-state index contributed by atoms with van der Waals surface area (Å²) in [6, 6.07) is 13.7. The van der Waals surface area contributed by atoms with Crippen LogP contribution in [0.1, 0.15) is 42.5 Å². The normalized spacial score (nSPS) is 19.0. The zero-order valence-corrected chi connectivity index (χ0v) is 19.4. The van der Waals surface area contributed by atoms with E-state index < -0.39 is 10.0 Å². The molecule has 172 valence electrons. The highest BCUT2D eigenvalue weighted by atomic mass is 32.2. The molecule has 1 aliphatic carbocycles. The van der Waals surface area contributed by atoms with E-state index in [0.29, 0.717) is 30.2 Å². The lowest BCUT2D eigenvalue weighted by Crippen LogP contribution is -2.41. The van der Waals surface area contributed by atoms with Gasteiger partial charge in [0.25, 0.3) is 5.91 Å². The van der Waals surface area contributed by atoms with Crippen molar-refractivity contribution in [2.45, 2.75) is 49.1 Å². The number of para-hydroxylation sites is 2. The standard InChI is InChI=1S/C24H30N2O5S/c1-25(16-20-17-30-22-10-6-7-11-23(22)31-20)24(27)18-12-14-21(15-13-18)32(28,29)26(2)19-8-4-3-5-9-19/h6-7,10-15,19-20H,3-5,8-9,16-17H2,1-2H3/t20-/m0/s1. The zero-order chi connectivity index (χ0) is 22.7. The largest absolute Gasteiger partial charge is 0.486 e. The monoisotopic (exact) mass is 458 g/mol. The van der Waals surface area contributed by atoms with Crippen molar-refractivity contribution in [3.63, 3.8) is 0 Å². The van der Waals surface area contributed by atoms with Crippen molar-refractivity contribution >= 4 is 15.9 Å². The second-order valence-corrected chi connectivity index (χ2v) is 10.5. The van der Waals surface area contributed by atoms with Crippen molar-refractivity contribution in [1.82, 2.24) is 9.21 Å². The van der Waals surface area contributed by atoms with Crippen molar-refractivity contribution in [1.29, 1.82) is 0 Å². The first-order valence-corrected chi connectivity index (χ1v) is 12.5. The molecule has 0 unspecified atom stereocenters. The number of nitrogens with zero attached hydrogens (tertiary/aromatic N) is 2. The third-order valence-electron chi connectivity index (χ3n) is 6.26. The van der Waals surface area contributed by atoms with Gasteiger partial charge in [-0.05, 0) is 49.2 Å². The smallest absolute Gasteiger partial charge is 0.253 e. The minimum absolute atomic E-state index is 0.0454. The van der Waals surface area contributed by atoms with Crippen molar-refractivity contribution in [2.75, 3.05) is 27.2 Å². The van der Waals surface area contributed by atoms with Gasteiger partial charge in [0.15, 0.2) is 17.6 Å². The maximum Gasteiger partial charge on any atom is 0.253 e. The van der Waals surface area contributed by atoms with Crippen LogP contribution in [0.3, 0.4) is 0 Å². The fourth-order valence-electron chi connectivity index (χ4n) is 4.34. The van der Waals surface area contributed by atoms with Crippen LogP contribution in [0, 0.1) is 0 Å². The van der Waals surface area contributed by atoms with Gasteiger partial charge in [-0.15, -0.1) is 0 Å². The summed E-state index contributed by atoms with van der Waals surface area (Å²) in [6.45, 7) is 0.719. The summed E-state index contributed by atoms with van der Waals surface area (Å²) < 4.78 is 39.2. The molecule has 32 heavy (non-hydrogen) atoms. The number of fused-ring (bicyclic) bond motifs is 1. The number of ether oxygens (including phenoxy) is 2. The van der Waals surface area contributed by atoms with Crippen LogP contribution in [0.25, 0.3) is 0 Å². The Morgan fingerprint density at radius 2 is 1.62 bits per heavy atom. The highest BCUT2D eigenvalue weighted by molar-refractivity contribution is 7.89. The summed E-state index contributed by atoms with van der Waals surface area (Å²) >= 11 is 0. The molecule has 8 heteroatoms. The van der Waals surface area contributed by atoms with Gasteiger partial charge in [0.05, 0.1) is 11.4 Å². The predicted molar refractivity (Wildman–Crippen MR) is 122 cm³/mol. The Bertz CT molecular complexity index is 1050. The fraction of sp³-hybridized carbons (Fsp3) is 0.458. The SMILES string of the molecule is CN(C[C@H]1COc2ccccc2O1)C(=O)c1ccc(S(=O)(=O)N(C)C2CCCCC2)cc1. The summed E-state index contributed by atoms with van der Waals surface area (Å²) in [7, 11) is -0.223. The summed E-state index contributed by atoms with van der Waals surface area (Å²) in [6.07, 6.45) is 4.81. The van der Waals surface area contributed by atoms with Crippen LogP contribution in [-0.2, 0) is 10.0 Å². The summed E-state index contributed by atoms with van der Waals surface area (Å²) in [5, 5.41) is 0. The van der Waals surface area contributed by atoms with Crippen LogP contribution in [-0.4, -0.2) is 62.9 Å². The van der Waals surface area contributed by atoms with Crippen LogP contribution in [0.4, 0.5) is 0 Å². The molecule has 2 aromatic carbocycles. The van der Waals surface area contributed by atoms with E-state index in [1.54, 1.807) is 31.1 Å². The number of carbonyl (C=O) groups excluding carboxylic acids is 1. The van der Waals surface area contributed by atoms with Crippen LogP contribution < -0.4 is 9.47 Å². The Balaban J connectivity index is 1.39. The molecule has 0 N–H and O–H groups in total. The number of benzene rings is 2. The third kappa shape index (κ3) is 4.76. The number of hydrogen-bond donors (Lipinski definition) is 0. The van der Waals surface area contributed by atoms with Gasteiger partial charge in [-0.25, -0.2) is 8.42 Å². The second-order valence-electron chi connectivity index (χ2n) is 8.52. The third-order valence-corrected chi connectivity index (χ3v) is 8.18. The molecule has 1 heterocycles. The Morgan fingerprint density at radius 3 is 2.31 bits per heavy atom. The summed E-state index contributed by atoms with van der Waals surface area (Å²) in [5.74, 6) is 1.17. The molecule has 1 fully saturated rings. The topological polar surface area (TPSA) is 76.1 Å². The quantitative estimate of drug-likeness (QED) is 0.662. The number of hydrogen-bond acceptors (Lipinski definition) is 5. The predicted octanol–water partition coefficient (Wildman–Crippen LogP) is 3.55. The lowest BCUT2D eigenvalue weighted by atomic mass is 9.96. The van der Waals surface area contributed by atoms with E-state index in [-0.39, 0.29) is 22.9 Å². The molecule has 0 saturated heterocycles. The molecule has 0 aromatic heterocycles. The van der Waals surface area contributed by atoms with Gasteiger partial charge in [0, 0.05) is 25.7 Å². The van der Waals surface area contributed by atoms with E-state index in [0.717, 1.165) is 25.7 Å². The highest BCUT2D eigenvalue weighted by Crippen LogP contribution is 2.31. The molecule has 1 atom stereocenters. The average molecular weight is 459 g/mol. The van der Waals surface area contributed by atoms with E-state index in [1.165, 1.54) is 22.9 Å². The molecule has 1 amide bonds. The Labute approximate surface area is 190 Å². The van der Waals surface area contributed by atoms with Crippen LogP contribution in [0.5, 0.6) is 11.5 Å². The summed E-state index contributed by atoms with van der Waals surface area (Å²) in [5.41, 5.74) is 0.434. The second kappa shape index (κ2) is 9.50. The van der Waals surface area contributed by atoms with Gasteiger partial charge in [-0.1, -0.05) is 31.4 Å². The van der Waals surface area contributed by atoms with Gasteiger partial charge in [0.2, 0.25) is 10.0 Å². The molecule has 2 aromatic rings. The number of likely N-dealkylation sites (N-methyl/N-ethyl adjacent to an activating group) is 1. The van der Waals surface area contributed by atoms with Gasteiger partial charge in [0.1, 0.15) is 6.61 Å². The van der Waals surface area contributed by atoms with Crippen molar-refractivity contribution < 1.29 is 22.7 Å². The van der Waals surface area contributed by atoms with Crippen LogP contribution >= 0.6 is 0 Å². The molecule has 4 rings (SSSR count). The van der Waals surface area contributed by atoms with E-state index in [9.17, 15) is 13.2 Å². The number of sulfonamides is 1. The molecule has 0 radical (unpaired) electrons. The van der Waals surface area contributed by atoms with E-state index in [2.05, 4.69) is 0 Å². The molecule has 0 bridgehead atoms. The Morgan fingerprint density at radius 1 is 0.969 bits per heavy atom. The molecular weight excluding hydrogens is 428 g/mol. The summed E-state index contributed by atoms with van der Waals surface area (Å²) in [4.78, 5) is 14.7. The number of amides is 1. The molecule has 1 aliphatic heterocycles. The van der Waals surface area contributed by atoms with Gasteiger partial charge < -0.3 is 14.4 Å². The van der Waals surface area contributed by atoms with E-state index in [4.69, 9.17) is 9.47 Å². The van der Waals surface area contributed by atoms with Gasteiger partial charge >= 0.3 is 0 Å². The lowest BCUT2D eigenvalue weighted by Gasteiger charge is -2.30. The first-order valence-electron chi connectivity index (χ1n) is 11.1.